The molecule has 0 spiro atoms. The van der Waals surface area contributed by atoms with Crippen molar-refractivity contribution in [2.45, 2.75) is 19.8 Å². The van der Waals surface area contributed by atoms with Crippen LogP contribution in [0.15, 0.2) is 18.2 Å². The molecule has 0 saturated carbocycles. The lowest BCUT2D eigenvalue weighted by molar-refractivity contribution is 0.357. The van der Waals surface area contributed by atoms with Gasteiger partial charge in [-0.2, -0.15) is 0 Å². The van der Waals surface area contributed by atoms with Crippen LogP contribution in [-0.2, 0) is 22.7 Å². The Kier molecular flexibility index (Phi) is 4.82. The molecule has 0 aliphatic carbocycles. The van der Waals surface area contributed by atoms with E-state index in [9.17, 15) is 8.42 Å². The van der Waals surface area contributed by atoms with Gasteiger partial charge in [0.1, 0.15) is 5.75 Å². The molecule has 1 aliphatic rings. The Morgan fingerprint density at radius 2 is 2.16 bits per heavy atom. The Labute approximate surface area is 115 Å². The molecule has 1 aromatic carbocycles. The summed E-state index contributed by atoms with van der Waals surface area (Å²) in [6.45, 7) is 3.80. The molecule has 4 nitrogen and oxygen atoms in total. The first-order valence-electron chi connectivity index (χ1n) is 6.76. The number of nitrogens with one attached hydrogen (secondary N) is 1. The summed E-state index contributed by atoms with van der Waals surface area (Å²) in [5.41, 5.74) is 2.56. The van der Waals surface area contributed by atoms with Crippen LogP contribution in [0.2, 0.25) is 0 Å². The zero-order valence-electron chi connectivity index (χ0n) is 11.3. The molecule has 0 fully saturated rings. The molecule has 1 heterocycles. The quantitative estimate of drug-likeness (QED) is 0.764. The van der Waals surface area contributed by atoms with Crippen molar-refractivity contribution >= 4 is 9.84 Å². The number of hydrogen-bond acceptors (Lipinski definition) is 4. The zero-order valence-corrected chi connectivity index (χ0v) is 12.1. The fourth-order valence-electron chi connectivity index (χ4n) is 2.13. The first-order chi connectivity index (χ1) is 9.11. The smallest absolute Gasteiger partial charge is 0.151 e. The van der Waals surface area contributed by atoms with Gasteiger partial charge in [-0.25, -0.2) is 8.42 Å². The van der Waals surface area contributed by atoms with Crippen LogP contribution in [0.25, 0.3) is 0 Å². The van der Waals surface area contributed by atoms with Gasteiger partial charge in [0.15, 0.2) is 9.84 Å². The van der Waals surface area contributed by atoms with Crippen LogP contribution in [0.4, 0.5) is 0 Å². The summed E-state index contributed by atoms with van der Waals surface area (Å²) in [7, 11) is -2.85. The zero-order chi connectivity index (χ0) is 13.7. The minimum Gasteiger partial charge on any atom is -0.493 e. The second-order valence-electron chi connectivity index (χ2n) is 4.78. The van der Waals surface area contributed by atoms with E-state index in [4.69, 9.17) is 4.74 Å². The Morgan fingerprint density at radius 3 is 2.95 bits per heavy atom. The predicted molar refractivity (Wildman–Crippen MR) is 76.5 cm³/mol. The lowest BCUT2D eigenvalue weighted by atomic mass is 10.1. The van der Waals surface area contributed by atoms with E-state index >= 15 is 0 Å². The van der Waals surface area contributed by atoms with Crippen LogP contribution in [0.5, 0.6) is 5.75 Å². The number of rotatable bonds is 7. The van der Waals surface area contributed by atoms with E-state index in [-0.39, 0.29) is 11.5 Å². The molecule has 19 heavy (non-hydrogen) atoms. The molecule has 0 saturated heterocycles. The molecule has 0 aromatic heterocycles. The molecular formula is C14H21NO3S. The monoisotopic (exact) mass is 283 g/mol. The lowest BCUT2D eigenvalue weighted by Crippen LogP contribution is -2.25. The van der Waals surface area contributed by atoms with Gasteiger partial charge in [0.2, 0.25) is 0 Å². The van der Waals surface area contributed by atoms with Crippen molar-refractivity contribution in [2.24, 2.45) is 0 Å². The van der Waals surface area contributed by atoms with E-state index in [0.717, 1.165) is 31.7 Å². The summed E-state index contributed by atoms with van der Waals surface area (Å²) in [5, 5.41) is 3.18. The van der Waals surface area contributed by atoms with Crippen LogP contribution in [0.1, 0.15) is 18.1 Å². The van der Waals surface area contributed by atoms with Gasteiger partial charge in [0.05, 0.1) is 12.4 Å². The van der Waals surface area contributed by atoms with Crippen LogP contribution < -0.4 is 10.1 Å². The summed E-state index contributed by atoms with van der Waals surface area (Å²) in [6.07, 6.45) is 1.91. The third-order valence-electron chi connectivity index (χ3n) is 3.37. The Morgan fingerprint density at radius 1 is 1.32 bits per heavy atom. The standard InChI is InChI=1S/C14H21NO3S/c1-2-19(16,17)10-8-15-7-5-12-3-4-14-13(11-12)6-9-18-14/h3-4,11,15H,2,5-10H2,1H3. The third kappa shape index (κ3) is 4.21. The van der Waals surface area contributed by atoms with E-state index in [0.29, 0.717) is 6.54 Å². The molecule has 106 valence electrons. The molecule has 5 heteroatoms. The van der Waals surface area contributed by atoms with Gasteiger partial charge in [-0.05, 0) is 30.2 Å². The highest BCUT2D eigenvalue weighted by atomic mass is 32.2. The van der Waals surface area contributed by atoms with Gasteiger partial charge in [-0.15, -0.1) is 0 Å². The van der Waals surface area contributed by atoms with Crippen LogP contribution in [0.3, 0.4) is 0 Å². The second kappa shape index (κ2) is 6.39. The molecule has 2 rings (SSSR count). The maximum absolute atomic E-state index is 11.3. The van der Waals surface area contributed by atoms with Gasteiger partial charge < -0.3 is 10.1 Å². The maximum Gasteiger partial charge on any atom is 0.151 e. The minimum absolute atomic E-state index is 0.222. The largest absolute Gasteiger partial charge is 0.493 e. The summed E-state index contributed by atoms with van der Waals surface area (Å²) in [6, 6.07) is 6.29. The highest BCUT2D eigenvalue weighted by molar-refractivity contribution is 7.91. The summed E-state index contributed by atoms with van der Waals surface area (Å²) >= 11 is 0. The lowest BCUT2D eigenvalue weighted by Gasteiger charge is -2.06. The van der Waals surface area contributed by atoms with Crippen molar-refractivity contribution in [1.29, 1.82) is 0 Å². The average molecular weight is 283 g/mol. The highest BCUT2D eigenvalue weighted by Gasteiger charge is 2.11. The normalized spacial score (nSPS) is 14.2. The average Bonchev–Trinajstić information content (AvgIpc) is 2.85. The summed E-state index contributed by atoms with van der Waals surface area (Å²) < 4.78 is 28.1. The predicted octanol–water partition coefficient (Wildman–Crippen LogP) is 1.19. The number of ether oxygens (including phenoxy) is 1. The highest BCUT2D eigenvalue weighted by Crippen LogP contribution is 2.25. The van der Waals surface area contributed by atoms with Crippen molar-refractivity contribution in [3.63, 3.8) is 0 Å². The van der Waals surface area contributed by atoms with Crippen LogP contribution in [0, 0.1) is 0 Å². The van der Waals surface area contributed by atoms with Crippen molar-refractivity contribution in [1.82, 2.24) is 5.32 Å². The SMILES string of the molecule is CCS(=O)(=O)CCNCCc1ccc2c(c1)CCO2. The van der Waals surface area contributed by atoms with Crippen molar-refractivity contribution in [3.8, 4) is 5.75 Å². The molecule has 0 atom stereocenters. The molecule has 0 radical (unpaired) electrons. The van der Waals surface area contributed by atoms with Crippen LogP contribution in [-0.4, -0.2) is 39.6 Å². The first-order valence-corrected chi connectivity index (χ1v) is 8.58. The number of hydrogen-bond donors (Lipinski definition) is 1. The third-order valence-corrected chi connectivity index (χ3v) is 5.08. The van der Waals surface area contributed by atoms with Crippen LogP contribution >= 0.6 is 0 Å². The number of fused-ring (bicyclic) bond motifs is 1. The summed E-state index contributed by atoms with van der Waals surface area (Å²) in [5.74, 6) is 1.45. The van der Waals surface area contributed by atoms with Crippen molar-refractivity contribution in [3.05, 3.63) is 29.3 Å². The van der Waals surface area contributed by atoms with E-state index < -0.39 is 9.84 Å². The number of sulfone groups is 1. The van der Waals surface area contributed by atoms with E-state index in [1.165, 1.54) is 11.1 Å². The molecule has 1 aliphatic heterocycles. The van der Waals surface area contributed by atoms with Crippen molar-refractivity contribution in [2.75, 3.05) is 31.2 Å². The van der Waals surface area contributed by atoms with Gasteiger partial charge in [0.25, 0.3) is 0 Å². The fourth-order valence-corrected chi connectivity index (χ4v) is 2.87. The molecule has 1 N–H and O–H groups in total. The topological polar surface area (TPSA) is 55.4 Å². The van der Waals surface area contributed by atoms with E-state index in [2.05, 4.69) is 17.4 Å². The van der Waals surface area contributed by atoms with Crippen molar-refractivity contribution < 1.29 is 13.2 Å². The molecule has 0 bridgehead atoms. The molecule has 1 aromatic rings. The minimum atomic E-state index is -2.85. The Bertz CT molecular complexity index is 525. The summed E-state index contributed by atoms with van der Waals surface area (Å²) in [4.78, 5) is 0. The Hall–Kier alpha value is -1.07. The van der Waals surface area contributed by atoms with Gasteiger partial charge in [-0.3, -0.25) is 0 Å². The number of benzene rings is 1. The molecule has 0 amide bonds. The molecular weight excluding hydrogens is 262 g/mol. The van der Waals surface area contributed by atoms with Gasteiger partial charge in [-0.1, -0.05) is 19.1 Å². The van der Waals surface area contributed by atoms with Gasteiger partial charge in [0, 0.05) is 18.7 Å². The van der Waals surface area contributed by atoms with E-state index in [1.54, 1.807) is 6.92 Å². The first kappa shape index (κ1) is 14.3. The fraction of sp³-hybridized carbons (Fsp3) is 0.571. The maximum atomic E-state index is 11.3. The Balaban J connectivity index is 1.72. The van der Waals surface area contributed by atoms with Gasteiger partial charge >= 0.3 is 0 Å². The second-order valence-corrected chi connectivity index (χ2v) is 7.25. The van der Waals surface area contributed by atoms with E-state index in [1.807, 2.05) is 6.07 Å². The molecule has 0 unspecified atom stereocenters.